The Hall–Kier alpha value is -4.83. The third-order valence-electron chi connectivity index (χ3n) is 8.79. The van der Waals surface area contributed by atoms with Gasteiger partial charge in [-0.1, -0.05) is 63.2 Å². The molecule has 10 nitrogen and oxygen atoms in total. The minimum Gasteiger partial charge on any atom is -0.496 e. The lowest BCUT2D eigenvalue weighted by molar-refractivity contribution is -0.143. The Morgan fingerprint density at radius 1 is 1.00 bits per heavy atom. The number of Topliss-reactive ketones (excluding diaryl/α,β-unsaturated/α-hetero) is 1. The van der Waals surface area contributed by atoms with Gasteiger partial charge in [-0.3, -0.25) is 14.4 Å². The van der Waals surface area contributed by atoms with E-state index in [2.05, 4.69) is 50.2 Å². The summed E-state index contributed by atoms with van der Waals surface area (Å²) in [5, 5.41) is 9.99. The van der Waals surface area contributed by atoms with Crippen LogP contribution >= 0.6 is 0 Å². The molecule has 3 N–H and O–H groups in total. The first-order chi connectivity index (χ1) is 22.5. The number of benzene rings is 3. The lowest BCUT2D eigenvalue weighted by atomic mass is 9.85. The number of rotatable bonds is 11. The van der Waals surface area contributed by atoms with Crippen molar-refractivity contribution in [2.75, 3.05) is 26.0 Å². The number of likely N-dealkylation sites (tertiary alicyclic amines) is 1. The molecule has 4 aromatic rings. The molecule has 0 saturated carbocycles. The minimum absolute atomic E-state index is 0.0665. The fourth-order valence-electron chi connectivity index (χ4n) is 5.95. The number of carbonyl (C=O) groups is 3. The summed E-state index contributed by atoms with van der Waals surface area (Å²) in [6, 6.07) is 20.2. The highest BCUT2D eigenvalue weighted by Crippen LogP contribution is 2.33. The summed E-state index contributed by atoms with van der Waals surface area (Å²) in [5.41, 5.74) is 3.92. The zero-order valence-electron chi connectivity index (χ0n) is 28.0. The Labute approximate surface area is 276 Å². The predicted octanol–water partition coefficient (Wildman–Crippen LogP) is 5.29. The fourth-order valence-corrected chi connectivity index (χ4v) is 5.95. The summed E-state index contributed by atoms with van der Waals surface area (Å²) in [6.45, 7) is 7.94. The smallest absolute Gasteiger partial charge is 0.246 e. The molecule has 3 aromatic carbocycles. The summed E-state index contributed by atoms with van der Waals surface area (Å²) in [7, 11) is 3.26. The molecule has 246 valence electrons. The van der Waals surface area contributed by atoms with Crippen molar-refractivity contribution in [1.82, 2.24) is 25.5 Å². The standard InChI is InChI=1S/C37H44N6O4/c1-23(38-5)35(45)42-33(37(2,3)4)36(46)43-18-10-13-30(43)31(44)20-26-19-28-29(21-32(26)47-6)39-22-40-34(28)41-27-16-14-25(15-17-27)24-11-8-7-9-12-24/h7-9,11-12,14-17,19,21-23,30,33,38H,10,13,18,20H2,1-6H3,(H,42,45)(H,39,40,41)/t23-,30-,33+/m0/s1. The van der Waals surface area contributed by atoms with Crippen LogP contribution in [0.1, 0.15) is 46.1 Å². The summed E-state index contributed by atoms with van der Waals surface area (Å²) in [5.74, 6) is 0.561. The molecule has 1 saturated heterocycles. The summed E-state index contributed by atoms with van der Waals surface area (Å²) in [4.78, 5) is 51.2. The Bertz CT molecular complexity index is 1740. The molecule has 1 aliphatic heterocycles. The number of methoxy groups -OCH3 is 1. The molecule has 10 heteroatoms. The Morgan fingerprint density at radius 3 is 2.36 bits per heavy atom. The molecule has 0 radical (unpaired) electrons. The number of carbonyl (C=O) groups excluding carboxylic acids is 3. The van der Waals surface area contributed by atoms with Crippen LogP contribution in [-0.4, -0.2) is 71.3 Å². The van der Waals surface area contributed by atoms with Gasteiger partial charge in [0, 0.05) is 35.7 Å². The molecule has 1 aromatic heterocycles. The van der Waals surface area contributed by atoms with Crippen LogP contribution < -0.4 is 20.7 Å². The minimum atomic E-state index is -0.776. The van der Waals surface area contributed by atoms with E-state index in [1.807, 2.05) is 63.2 Å². The molecule has 47 heavy (non-hydrogen) atoms. The molecule has 2 amide bonds. The number of nitrogens with one attached hydrogen (secondary N) is 3. The first-order valence-electron chi connectivity index (χ1n) is 16.0. The van der Waals surface area contributed by atoms with Gasteiger partial charge in [-0.25, -0.2) is 9.97 Å². The predicted molar refractivity (Wildman–Crippen MR) is 185 cm³/mol. The van der Waals surface area contributed by atoms with E-state index in [1.54, 1.807) is 26.0 Å². The number of hydrogen-bond acceptors (Lipinski definition) is 8. The molecule has 5 rings (SSSR count). The Kier molecular flexibility index (Phi) is 10.2. The van der Waals surface area contributed by atoms with Gasteiger partial charge in [0.15, 0.2) is 5.78 Å². The highest BCUT2D eigenvalue weighted by Gasteiger charge is 2.42. The van der Waals surface area contributed by atoms with Crippen LogP contribution in [0.3, 0.4) is 0 Å². The zero-order chi connectivity index (χ0) is 33.7. The quantitative estimate of drug-likeness (QED) is 0.203. The van der Waals surface area contributed by atoms with Gasteiger partial charge < -0.3 is 25.6 Å². The van der Waals surface area contributed by atoms with Gasteiger partial charge in [-0.2, -0.15) is 0 Å². The number of hydrogen-bond donors (Lipinski definition) is 3. The Balaban J connectivity index is 1.37. The van der Waals surface area contributed by atoms with Crippen LogP contribution in [0.15, 0.2) is 73.1 Å². The van der Waals surface area contributed by atoms with E-state index in [-0.39, 0.29) is 24.0 Å². The van der Waals surface area contributed by atoms with E-state index in [4.69, 9.17) is 4.74 Å². The molecule has 0 aliphatic carbocycles. The van der Waals surface area contributed by atoms with Crippen molar-refractivity contribution < 1.29 is 19.1 Å². The number of ketones is 1. The number of ether oxygens (including phenoxy) is 1. The van der Waals surface area contributed by atoms with Gasteiger partial charge in [-0.15, -0.1) is 0 Å². The number of aromatic nitrogens is 2. The van der Waals surface area contributed by atoms with E-state index in [9.17, 15) is 14.4 Å². The molecule has 0 spiro atoms. The second-order valence-corrected chi connectivity index (χ2v) is 13.1. The van der Waals surface area contributed by atoms with Crippen LogP contribution in [0.2, 0.25) is 0 Å². The van der Waals surface area contributed by atoms with Gasteiger partial charge in [0.05, 0.1) is 24.7 Å². The summed E-state index contributed by atoms with van der Waals surface area (Å²) < 4.78 is 5.70. The maximum atomic E-state index is 13.9. The van der Waals surface area contributed by atoms with Crippen molar-refractivity contribution in [3.63, 3.8) is 0 Å². The molecular weight excluding hydrogens is 592 g/mol. The van der Waals surface area contributed by atoms with Crippen LogP contribution in [0, 0.1) is 5.41 Å². The maximum absolute atomic E-state index is 13.9. The third kappa shape index (κ3) is 7.60. The van der Waals surface area contributed by atoms with E-state index in [1.165, 1.54) is 6.33 Å². The van der Waals surface area contributed by atoms with Gasteiger partial charge in [0.2, 0.25) is 11.8 Å². The molecule has 0 unspecified atom stereocenters. The van der Waals surface area contributed by atoms with Gasteiger partial charge in [0.1, 0.15) is 23.9 Å². The molecule has 2 heterocycles. The highest BCUT2D eigenvalue weighted by molar-refractivity contribution is 5.97. The zero-order valence-corrected chi connectivity index (χ0v) is 28.0. The lowest BCUT2D eigenvalue weighted by Crippen LogP contribution is -2.58. The second kappa shape index (κ2) is 14.3. The van der Waals surface area contributed by atoms with Crippen molar-refractivity contribution in [3.05, 3.63) is 78.6 Å². The monoisotopic (exact) mass is 636 g/mol. The van der Waals surface area contributed by atoms with E-state index in [0.717, 1.165) is 22.2 Å². The first kappa shape index (κ1) is 33.5. The highest BCUT2D eigenvalue weighted by atomic mass is 16.5. The average Bonchev–Trinajstić information content (AvgIpc) is 3.57. The SMILES string of the molecule is CN[C@@H](C)C(=O)N[C@H](C(=O)N1CCC[C@H]1C(=O)Cc1cc2c(Nc3ccc(-c4ccccc4)cc3)ncnc2cc1OC)C(C)(C)C. The maximum Gasteiger partial charge on any atom is 0.246 e. The number of likely N-dealkylation sites (N-methyl/N-ethyl adjacent to an activating group) is 1. The number of amides is 2. The number of fused-ring (bicyclic) bond motifs is 1. The van der Waals surface area contributed by atoms with Crippen LogP contribution in [-0.2, 0) is 20.8 Å². The second-order valence-electron chi connectivity index (χ2n) is 13.1. The van der Waals surface area contributed by atoms with Crippen LogP contribution in [0.4, 0.5) is 11.5 Å². The number of anilines is 2. The molecular formula is C37H44N6O4. The van der Waals surface area contributed by atoms with Crippen molar-refractivity contribution in [3.8, 4) is 16.9 Å². The average molecular weight is 637 g/mol. The Morgan fingerprint density at radius 2 is 1.70 bits per heavy atom. The molecule has 1 fully saturated rings. The third-order valence-corrected chi connectivity index (χ3v) is 8.79. The van der Waals surface area contributed by atoms with Crippen molar-refractivity contribution >= 4 is 40.0 Å². The van der Waals surface area contributed by atoms with Crippen LogP contribution in [0.5, 0.6) is 5.75 Å². The molecule has 1 aliphatic rings. The van der Waals surface area contributed by atoms with Crippen molar-refractivity contribution in [1.29, 1.82) is 0 Å². The fraction of sp³-hybridized carbons (Fsp3) is 0.378. The van der Waals surface area contributed by atoms with Gasteiger partial charge in [-0.05, 0) is 61.6 Å². The first-order valence-corrected chi connectivity index (χ1v) is 16.0. The topological polar surface area (TPSA) is 126 Å². The molecule has 0 bridgehead atoms. The van der Waals surface area contributed by atoms with E-state index < -0.39 is 23.5 Å². The number of nitrogens with zero attached hydrogens (tertiary/aromatic N) is 3. The van der Waals surface area contributed by atoms with Gasteiger partial charge >= 0.3 is 0 Å². The van der Waals surface area contributed by atoms with Crippen molar-refractivity contribution in [2.24, 2.45) is 5.41 Å². The van der Waals surface area contributed by atoms with Crippen molar-refractivity contribution in [2.45, 2.75) is 65.1 Å². The normalized spacial score (nSPS) is 16.0. The summed E-state index contributed by atoms with van der Waals surface area (Å²) >= 11 is 0. The van der Waals surface area contributed by atoms with Gasteiger partial charge in [0.25, 0.3) is 0 Å². The largest absolute Gasteiger partial charge is 0.496 e. The molecule has 3 atom stereocenters. The van der Waals surface area contributed by atoms with Crippen LogP contribution in [0.25, 0.3) is 22.0 Å². The van der Waals surface area contributed by atoms with E-state index >= 15 is 0 Å². The lowest BCUT2D eigenvalue weighted by Gasteiger charge is -2.36. The summed E-state index contributed by atoms with van der Waals surface area (Å²) in [6.07, 6.45) is 2.83. The van der Waals surface area contributed by atoms with E-state index in [0.29, 0.717) is 42.0 Å².